The Kier molecular flexibility index (Phi) is 6.44. The number of ether oxygens (including phenoxy) is 2. The zero-order chi connectivity index (χ0) is 19.3. The predicted octanol–water partition coefficient (Wildman–Crippen LogP) is 1.97. The molecular formula is C20H27FN2O4. The van der Waals surface area contributed by atoms with E-state index in [0.717, 1.165) is 5.56 Å². The minimum absolute atomic E-state index is 0.0517. The molecule has 2 saturated heterocycles. The summed E-state index contributed by atoms with van der Waals surface area (Å²) < 4.78 is 24.3. The number of carbonyl (C=O) groups is 2. The van der Waals surface area contributed by atoms with E-state index in [-0.39, 0.29) is 17.6 Å². The first-order valence-electron chi connectivity index (χ1n) is 9.53. The second-order valence-corrected chi connectivity index (χ2v) is 7.12. The lowest BCUT2D eigenvalue weighted by Gasteiger charge is -2.37. The maximum Gasteiger partial charge on any atom is 0.224 e. The molecule has 27 heavy (non-hydrogen) atoms. The maximum atomic E-state index is 13.0. The average molecular weight is 378 g/mol. The minimum Gasteiger partial charge on any atom is -0.347 e. The molecule has 1 aromatic carbocycles. The molecule has 148 valence electrons. The Bertz CT molecular complexity index is 648. The molecule has 7 heteroatoms. The van der Waals surface area contributed by atoms with E-state index in [1.165, 1.54) is 19.1 Å². The second-order valence-electron chi connectivity index (χ2n) is 7.12. The highest BCUT2D eigenvalue weighted by molar-refractivity contribution is 5.78. The van der Waals surface area contributed by atoms with Gasteiger partial charge in [0.25, 0.3) is 0 Å². The summed E-state index contributed by atoms with van der Waals surface area (Å²) in [5, 5.41) is 0. The van der Waals surface area contributed by atoms with E-state index in [4.69, 9.17) is 9.47 Å². The zero-order valence-corrected chi connectivity index (χ0v) is 15.8. The van der Waals surface area contributed by atoms with Gasteiger partial charge in [0.1, 0.15) is 5.82 Å². The van der Waals surface area contributed by atoms with Gasteiger partial charge in [-0.05, 0) is 24.1 Å². The molecule has 2 fully saturated rings. The van der Waals surface area contributed by atoms with Crippen LogP contribution in [0.1, 0.15) is 31.7 Å². The van der Waals surface area contributed by atoms with Crippen LogP contribution in [0.5, 0.6) is 0 Å². The summed E-state index contributed by atoms with van der Waals surface area (Å²) in [6.07, 6.45) is 2.33. The fourth-order valence-electron chi connectivity index (χ4n) is 3.61. The van der Waals surface area contributed by atoms with Crippen LogP contribution in [-0.4, -0.2) is 66.8 Å². The van der Waals surface area contributed by atoms with Gasteiger partial charge in [0.2, 0.25) is 11.8 Å². The van der Waals surface area contributed by atoms with E-state index in [0.29, 0.717) is 65.1 Å². The molecule has 0 bridgehead atoms. The van der Waals surface area contributed by atoms with Crippen molar-refractivity contribution in [3.05, 3.63) is 35.6 Å². The van der Waals surface area contributed by atoms with E-state index >= 15 is 0 Å². The Morgan fingerprint density at radius 1 is 1.11 bits per heavy atom. The average Bonchev–Trinajstić information content (AvgIpc) is 3.11. The third kappa shape index (κ3) is 5.26. The predicted molar refractivity (Wildman–Crippen MR) is 97.4 cm³/mol. The lowest BCUT2D eigenvalue weighted by atomic mass is 10.0. The van der Waals surface area contributed by atoms with Gasteiger partial charge in [-0.25, -0.2) is 4.39 Å². The van der Waals surface area contributed by atoms with Gasteiger partial charge in [-0.3, -0.25) is 9.59 Å². The Labute approximate surface area is 159 Å². The molecule has 0 aromatic heterocycles. The number of rotatable bonds is 6. The number of amides is 2. The Morgan fingerprint density at radius 3 is 2.33 bits per heavy atom. The molecule has 2 amide bonds. The van der Waals surface area contributed by atoms with Crippen LogP contribution in [0, 0.1) is 5.82 Å². The Hall–Kier alpha value is -1.99. The quantitative estimate of drug-likeness (QED) is 0.760. The lowest BCUT2D eigenvalue weighted by molar-refractivity contribution is -0.187. The highest BCUT2D eigenvalue weighted by Crippen LogP contribution is 2.31. The van der Waals surface area contributed by atoms with Crippen LogP contribution in [0.3, 0.4) is 0 Å². The molecule has 1 spiro atoms. The fraction of sp³-hybridized carbons (Fsp3) is 0.600. The number of nitrogens with zero attached hydrogens (tertiary/aromatic N) is 2. The molecule has 1 aromatic rings. The minimum atomic E-state index is -0.489. The van der Waals surface area contributed by atoms with Crippen LogP contribution in [0.25, 0.3) is 0 Å². The van der Waals surface area contributed by atoms with Crippen molar-refractivity contribution in [1.82, 2.24) is 9.80 Å². The van der Waals surface area contributed by atoms with Crippen molar-refractivity contribution in [3.8, 4) is 0 Å². The Balaban J connectivity index is 1.44. The van der Waals surface area contributed by atoms with Crippen LogP contribution < -0.4 is 0 Å². The second kappa shape index (κ2) is 8.80. The van der Waals surface area contributed by atoms with Gasteiger partial charge < -0.3 is 19.3 Å². The van der Waals surface area contributed by atoms with Gasteiger partial charge >= 0.3 is 0 Å². The standard InChI is InChI=1S/C20H27FN2O4/c1-16(24)22(10-6-17-2-4-18(21)5-3-17)11-7-19(25)23-12-8-20(9-13-23)26-14-15-27-20/h2-5H,6-15H2,1H3. The van der Waals surface area contributed by atoms with Crippen molar-refractivity contribution in [2.24, 2.45) is 0 Å². The van der Waals surface area contributed by atoms with Crippen molar-refractivity contribution in [2.45, 2.75) is 38.4 Å². The lowest BCUT2D eigenvalue weighted by Crippen LogP contribution is -2.48. The first-order valence-corrected chi connectivity index (χ1v) is 9.53. The first-order chi connectivity index (χ1) is 13.0. The summed E-state index contributed by atoms with van der Waals surface area (Å²) in [5.41, 5.74) is 0.965. The van der Waals surface area contributed by atoms with Crippen LogP contribution in [-0.2, 0) is 25.5 Å². The number of likely N-dealkylation sites (tertiary alicyclic amines) is 1. The van der Waals surface area contributed by atoms with Gasteiger partial charge in [0.05, 0.1) is 13.2 Å². The van der Waals surface area contributed by atoms with Crippen molar-refractivity contribution in [3.63, 3.8) is 0 Å². The molecular weight excluding hydrogens is 351 g/mol. The summed E-state index contributed by atoms with van der Waals surface area (Å²) in [6, 6.07) is 6.26. The van der Waals surface area contributed by atoms with Crippen LogP contribution >= 0.6 is 0 Å². The molecule has 0 aliphatic carbocycles. The van der Waals surface area contributed by atoms with Crippen LogP contribution in [0.4, 0.5) is 4.39 Å². The molecule has 6 nitrogen and oxygen atoms in total. The monoisotopic (exact) mass is 378 g/mol. The van der Waals surface area contributed by atoms with Gasteiger partial charge in [-0.1, -0.05) is 12.1 Å². The number of hydrogen-bond acceptors (Lipinski definition) is 4. The third-order valence-electron chi connectivity index (χ3n) is 5.32. The number of halogens is 1. The molecule has 0 saturated carbocycles. The smallest absolute Gasteiger partial charge is 0.224 e. The number of hydrogen-bond donors (Lipinski definition) is 0. The van der Waals surface area contributed by atoms with E-state index in [1.54, 1.807) is 17.0 Å². The van der Waals surface area contributed by atoms with E-state index in [9.17, 15) is 14.0 Å². The van der Waals surface area contributed by atoms with E-state index < -0.39 is 5.79 Å². The van der Waals surface area contributed by atoms with Gasteiger partial charge in [-0.2, -0.15) is 0 Å². The van der Waals surface area contributed by atoms with Gasteiger partial charge in [0.15, 0.2) is 5.79 Å². The van der Waals surface area contributed by atoms with E-state index in [2.05, 4.69) is 0 Å². The summed E-state index contributed by atoms with van der Waals surface area (Å²) in [4.78, 5) is 27.9. The van der Waals surface area contributed by atoms with Crippen molar-refractivity contribution in [1.29, 1.82) is 0 Å². The Morgan fingerprint density at radius 2 is 1.74 bits per heavy atom. The molecule has 0 atom stereocenters. The first kappa shape index (κ1) is 19.8. The molecule has 0 radical (unpaired) electrons. The fourth-order valence-corrected chi connectivity index (χ4v) is 3.61. The molecule has 2 heterocycles. The summed E-state index contributed by atoms with van der Waals surface area (Å²) >= 11 is 0. The summed E-state index contributed by atoms with van der Waals surface area (Å²) in [5.74, 6) is -0.771. The number of benzene rings is 1. The van der Waals surface area contributed by atoms with Crippen molar-refractivity contribution < 1.29 is 23.5 Å². The zero-order valence-electron chi connectivity index (χ0n) is 15.8. The van der Waals surface area contributed by atoms with E-state index in [1.807, 2.05) is 4.90 Å². The molecule has 0 unspecified atom stereocenters. The maximum absolute atomic E-state index is 13.0. The third-order valence-corrected chi connectivity index (χ3v) is 5.32. The number of piperidine rings is 1. The highest BCUT2D eigenvalue weighted by atomic mass is 19.1. The van der Waals surface area contributed by atoms with Crippen LogP contribution in [0.2, 0.25) is 0 Å². The van der Waals surface area contributed by atoms with Gasteiger partial charge in [0, 0.05) is 52.4 Å². The highest BCUT2D eigenvalue weighted by Gasteiger charge is 2.40. The molecule has 3 rings (SSSR count). The molecule has 2 aliphatic heterocycles. The number of carbonyl (C=O) groups excluding carboxylic acids is 2. The SMILES string of the molecule is CC(=O)N(CCC(=O)N1CCC2(CC1)OCCO2)CCc1ccc(F)cc1. The van der Waals surface area contributed by atoms with Gasteiger partial charge in [-0.15, -0.1) is 0 Å². The van der Waals surface area contributed by atoms with Crippen molar-refractivity contribution in [2.75, 3.05) is 39.4 Å². The van der Waals surface area contributed by atoms with Crippen molar-refractivity contribution >= 4 is 11.8 Å². The normalized spacial score (nSPS) is 18.7. The summed E-state index contributed by atoms with van der Waals surface area (Å²) in [7, 11) is 0. The molecule has 2 aliphatic rings. The largest absolute Gasteiger partial charge is 0.347 e. The van der Waals surface area contributed by atoms with Crippen LogP contribution in [0.15, 0.2) is 24.3 Å². The molecule has 0 N–H and O–H groups in total. The topological polar surface area (TPSA) is 59.1 Å². The summed E-state index contributed by atoms with van der Waals surface area (Å²) in [6.45, 7) is 4.89.